The van der Waals surface area contributed by atoms with Crippen LogP contribution in [0.4, 0.5) is 5.69 Å². The third kappa shape index (κ3) is 3.20. The summed E-state index contributed by atoms with van der Waals surface area (Å²) in [7, 11) is -3.49. The lowest BCUT2D eigenvalue weighted by atomic mass is 9.79. The van der Waals surface area contributed by atoms with Crippen LogP contribution in [0.2, 0.25) is 5.02 Å². The van der Waals surface area contributed by atoms with Gasteiger partial charge in [-0.1, -0.05) is 31.9 Å². The Hall–Kier alpha value is -0.780. The topological polar surface area (TPSA) is 63.4 Å². The van der Waals surface area contributed by atoms with E-state index >= 15 is 0 Å². The number of nitrogen functional groups attached to an aromatic ring is 1. The first-order valence-corrected chi connectivity index (χ1v) is 9.07. The Balaban J connectivity index is 2.28. The van der Waals surface area contributed by atoms with E-state index in [2.05, 4.69) is 13.8 Å². The van der Waals surface area contributed by atoms with Crippen LogP contribution in [0.1, 0.15) is 38.7 Å². The molecule has 2 N–H and O–H groups in total. The molecule has 0 aromatic heterocycles. The van der Waals surface area contributed by atoms with Crippen molar-refractivity contribution in [2.45, 2.75) is 44.9 Å². The average Bonchev–Trinajstić information content (AvgIpc) is 2.44. The van der Waals surface area contributed by atoms with Gasteiger partial charge in [0.1, 0.15) is 0 Å². The van der Waals surface area contributed by atoms with E-state index in [0.717, 1.165) is 19.3 Å². The molecular weight excluding hydrogens is 308 g/mol. The maximum atomic E-state index is 12.7. The van der Waals surface area contributed by atoms with E-state index in [1.807, 2.05) is 0 Å². The molecule has 118 valence electrons. The fourth-order valence-corrected chi connectivity index (χ4v) is 4.35. The van der Waals surface area contributed by atoms with Gasteiger partial charge >= 0.3 is 0 Å². The van der Waals surface area contributed by atoms with Gasteiger partial charge in [0.05, 0.1) is 15.6 Å². The van der Waals surface area contributed by atoms with Crippen molar-refractivity contribution in [1.29, 1.82) is 0 Å². The summed E-state index contributed by atoms with van der Waals surface area (Å²) in [5, 5.41) is 0.422. The van der Waals surface area contributed by atoms with E-state index in [4.69, 9.17) is 17.3 Å². The highest BCUT2D eigenvalue weighted by Gasteiger charge is 2.34. The highest BCUT2D eigenvalue weighted by Crippen LogP contribution is 2.36. The fraction of sp³-hybridized carbons (Fsp3) is 0.600. The van der Waals surface area contributed by atoms with E-state index in [1.165, 1.54) is 6.07 Å². The third-order valence-corrected chi connectivity index (χ3v) is 7.07. The number of anilines is 1. The second-order valence-electron chi connectivity index (χ2n) is 6.21. The van der Waals surface area contributed by atoms with Crippen molar-refractivity contribution in [2.24, 2.45) is 5.41 Å². The zero-order chi connectivity index (χ0) is 15.8. The van der Waals surface area contributed by atoms with Gasteiger partial charge in [-0.25, -0.2) is 8.42 Å². The Morgan fingerprint density at radius 1 is 1.33 bits per heavy atom. The normalized spacial score (nSPS) is 19.6. The molecule has 21 heavy (non-hydrogen) atoms. The predicted molar refractivity (Wildman–Crippen MR) is 87.0 cm³/mol. The van der Waals surface area contributed by atoms with Crippen molar-refractivity contribution in [3.8, 4) is 0 Å². The minimum atomic E-state index is -3.49. The number of rotatable bonds is 3. The molecule has 0 aliphatic carbocycles. The van der Waals surface area contributed by atoms with E-state index in [9.17, 15) is 8.42 Å². The summed E-state index contributed by atoms with van der Waals surface area (Å²) in [5.74, 6) is 0. The van der Waals surface area contributed by atoms with Crippen LogP contribution in [0.15, 0.2) is 17.0 Å². The van der Waals surface area contributed by atoms with Crippen LogP contribution in [0.5, 0.6) is 0 Å². The van der Waals surface area contributed by atoms with Gasteiger partial charge in [-0.3, -0.25) is 0 Å². The summed E-state index contributed by atoms with van der Waals surface area (Å²) in [6.07, 6.45) is 2.86. The Morgan fingerprint density at radius 3 is 2.38 bits per heavy atom. The molecule has 1 aliphatic rings. The summed E-state index contributed by atoms with van der Waals surface area (Å²) in [5.41, 5.74) is 7.04. The molecule has 1 aliphatic heterocycles. The summed E-state index contributed by atoms with van der Waals surface area (Å²) >= 11 is 6.01. The molecule has 1 aromatic carbocycles. The lowest BCUT2D eigenvalue weighted by Gasteiger charge is -2.38. The number of piperidine rings is 1. The molecule has 0 saturated carbocycles. The number of benzene rings is 1. The van der Waals surface area contributed by atoms with E-state index in [-0.39, 0.29) is 10.3 Å². The average molecular weight is 331 g/mol. The van der Waals surface area contributed by atoms with Crippen LogP contribution < -0.4 is 5.73 Å². The summed E-state index contributed by atoms with van der Waals surface area (Å²) in [4.78, 5) is 0.238. The third-order valence-electron chi connectivity index (χ3n) is 4.68. The maximum Gasteiger partial charge on any atom is 0.243 e. The monoisotopic (exact) mass is 330 g/mol. The number of nitrogens with zero attached hydrogens (tertiary/aromatic N) is 1. The van der Waals surface area contributed by atoms with Gasteiger partial charge in [0.2, 0.25) is 10.0 Å². The van der Waals surface area contributed by atoms with Crippen LogP contribution in [-0.4, -0.2) is 25.8 Å². The zero-order valence-corrected chi connectivity index (χ0v) is 14.4. The first-order valence-electron chi connectivity index (χ1n) is 7.25. The molecule has 0 spiro atoms. The van der Waals surface area contributed by atoms with E-state index in [0.29, 0.717) is 29.4 Å². The van der Waals surface area contributed by atoms with Crippen molar-refractivity contribution in [2.75, 3.05) is 18.8 Å². The molecule has 1 fully saturated rings. The fourth-order valence-electron chi connectivity index (χ4n) is 2.68. The van der Waals surface area contributed by atoms with Gasteiger partial charge in [0, 0.05) is 13.1 Å². The lowest BCUT2D eigenvalue weighted by molar-refractivity contribution is 0.169. The van der Waals surface area contributed by atoms with Crippen LogP contribution in [0.3, 0.4) is 0 Å². The molecular formula is C15H23ClN2O2S. The Bertz CT molecular complexity index is 612. The predicted octanol–water partition coefficient (Wildman–Crippen LogP) is 3.43. The summed E-state index contributed by atoms with van der Waals surface area (Å²) in [6, 6.07) is 3.06. The number of hydrogen-bond donors (Lipinski definition) is 1. The van der Waals surface area contributed by atoms with Gasteiger partial charge in [0.15, 0.2) is 0 Å². The molecule has 0 bridgehead atoms. The summed E-state index contributed by atoms with van der Waals surface area (Å²) in [6.45, 7) is 7.28. The smallest absolute Gasteiger partial charge is 0.243 e. The molecule has 0 unspecified atom stereocenters. The Kier molecular flexibility index (Phi) is 4.57. The number of sulfonamides is 1. The number of hydrogen-bond acceptors (Lipinski definition) is 3. The highest BCUT2D eigenvalue weighted by molar-refractivity contribution is 7.89. The molecule has 6 heteroatoms. The second kappa shape index (κ2) is 5.78. The van der Waals surface area contributed by atoms with Crippen molar-refractivity contribution < 1.29 is 8.42 Å². The SMILES string of the molecule is CCC1(C)CCN(S(=O)(=O)c2cc(C)c(Cl)c(N)c2)CC1. The number of aryl methyl sites for hydroxylation is 1. The van der Waals surface area contributed by atoms with Crippen LogP contribution >= 0.6 is 11.6 Å². The molecule has 1 aromatic rings. The van der Waals surface area contributed by atoms with Crippen molar-refractivity contribution in [1.82, 2.24) is 4.31 Å². The zero-order valence-electron chi connectivity index (χ0n) is 12.8. The first kappa shape index (κ1) is 16.6. The van der Waals surface area contributed by atoms with Gasteiger partial charge in [-0.05, 0) is 42.9 Å². The first-order chi connectivity index (χ1) is 9.69. The Labute approximate surface area is 132 Å². The van der Waals surface area contributed by atoms with Gasteiger partial charge in [0.25, 0.3) is 0 Å². The van der Waals surface area contributed by atoms with Crippen LogP contribution in [0, 0.1) is 12.3 Å². The number of nitrogens with two attached hydrogens (primary N) is 1. The van der Waals surface area contributed by atoms with Crippen LogP contribution in [0.25, 0.3) is 0 Å². The largest absolute Gasteiger partial charge is 0.397 e. The molecule has 0 amide bonds. The maximum absolute atomic E-state index is 12.7. The molecule has 1 heterocycles. The van der Waals surface area contributed by atoms with Gasteiger partial charge in [-0.15, -0.1) is 0 Å². The van der Waals surface area contributed by atoms with Crippen molar-refractivity contribution in [3.63, 3.8) is 0 Å². The quantitative estimate of drug-likeness (QED) is 0.863. The molecule has 4 nitrogen and oxygen atoms in total. The van der Waals surface area contributed by atoms with Gasteiger partial charge < -0.3 is 5.73 Å². The van der Waals surface area contributed by atoms with E-state index in [1.54, 1.807) is 17.3 Å². The van der Waals surface area contributed by atoms with Gasteiger partial charge in [-0.2, -0.15) is 4.31 Å². The Morgan fingerprint density at radius 2 is 1.90 bits per heavy atom. The van der Waals surface area contributed by atoms with E-state index < -0.39 is 10.0 Å². The molecule has 0 radical (unpaired) electrons. The molecule has 0 atom stereocenters. The van der Waals surface area contributed by atoms with Crippen molar-refractivity contribution in [3.05, 3.63) is 22.7 Å². The lowest BCUT2D eigenvalue weighted by Crippen LogP contribution is -2.41. The second-order valence-corrected chi connectivity index (χ2v) is 8.53. The van der Waals surface area contributed by atoms with Crippen molar-refractivity contribution >= 4 is 27.3 Å². The number of halogens is 1. The molecule has 1 saturated heterocycles. The minimum Gasteiger partial charge on any atom is -0.397 e. The molecule has 2 rings (SSSR count). The van der Waals surface area contributed by atoms with Crippen LogP contribution in [-0.2, 0) is 10.0 Å². The highest BCUT2D eigenvalue weighted by atomic mass is 35.5. The summed E-state index contributed by atoms with van der Waals surface area (Å²) < 4.78 is 27.0. The minimum absolute atomic E-state index is 0.238. The standard InChI is InChI=1S/C15H23ClN2O2S/c1-4-15(3)5-7-18(8-6-15)21(19,20)12-9-11(2)14(16)13(17)10-12/h9-10H,4-8,17H2,1-3H3.